The van der Waals surface area contributed by atoms with Gasteiger partial charge in [-0.15, -0.1) is 0 Å². The van der Waals surface area contributed by atoms with Crippen molar-refractivity contribution in [2.24, 2.45) is 0 Å². The van der Waals surface area contributed by atoms with Crippen molar-refractivity contribution in [1.82, 2.24) is 15.1 Å². The molecular formula is C12H21N3. The topological polar surface area (TPSA) is 29.9 Å². The largest absolute Gasteiger partial charge is 0.313 e. The van der Waals surface area contributed by atoms with Crippen molar-refractivity contribution < 1.29 is 0 Å². The number of nitrogens with one attached hydrogen (secondary N) is 1. The summed E-state index contributed by atoms with van der Waals surface area (Å²) >= 11 is 0. The molecule has 0 aliphatic rings. The second-order valence-corrected chi connectivity index (χ2v) is 3.82. The highest BCUT2D eigenvalue weighted by molar-refractivity contribution is 5.15. The molecule has 0 aliphatic heterocycles. The molecule has 0 saturated heterocycles. The van der Waals surface area contributed by atoms with Crippen molar-refractivity contribution in [3.63, 3.8) is 0 Å². The summed E-state index contributed by atoms with van der Waals surface area (Å²) < 4.78 is 1.98. The molecule has 1 aromatic heterocycles. The van der Waals surface area contributed by atoms with Crippen LogP contribution >= 0.6 is 0 Å². The smallest absolute Gasteiger partial charge is 0.0638 e. The fraction of sp³-hybridized carbons (Fsp3) is 0.583. The maximum absolute atomic E-state index is 4.47. The number of hydrogen-bond acceptors (Lipinski definition) is 2. The first kappa shape index (κ1) is 12.0. The summed E-state index contributed by atoms with van der Waals surface area (Å²) in [5.74, 6) is 0. The van der Waals surface area contributed by atoms with Crippen LogP contribution in [0.2, 0.25) is 0 Å². The zero-order valence-electron chi connectivity index (χ0n) is 10.0. The monoisotopic (exact) mass is 207 g/mol. The van der Waals surface area contributed by atoms with E-state index in [9.17, 15) is 0 Å². The van der Waals surface area contributed by atoms with Crippen molar-refractivity contribution in [3.05, 3.63) is 29.6 Å². The van der Waals surface area contributed by atoms with Crippen LogP contribution in [0.5, 0.6) is 0 Å². The van der Waals surface area contributed by atoms with Gasteiger partial charge in [0.05, 0.1) is 12.2 Å². The number of hydrogen-bond donors (Lipinski definition) is 1. The van der Waals surface area contributed by atoms with Crippen molar-refractivity contribution in [3.8, 4) is 0 Å². The minimum Gasteiger partial charge on any atom is -0.313 e. The van der Waals surface area contributed by atoms with Crippen molar-refractivity contribution in [2.75, 3.05) is 6.54 Å². The van der Waals surface area contributed by atoms with Gasteiger partial charge in [-0.1, -0.05) is 26.0 Å². The summed E-state index contributed by atoms with van der Waals surface area (Å²) in [5, 5.41) is 7.78. The Balaban J connectivity index is 2.63. The summed E-state index contributed by atoms with van der Waals surface area (Å²) in [6.07, 6.45) is 3.13. The molecule has 0 aromatic carbocycles. The van der Waals surface area contributed by atoms with Crippen molar-refractivity contribution >= 4 is 0 Å². The maximum Gasteiger partial charge on any atom is 0.0638 e. The van der Waals surface area contributed by atoms with E-state index in [0.29, 0.717) is 0 Å². The fourth-order valence-corrected chi connectivity index (χ4v) is 1.41. The van der Waals surface area contributed by atoms with Gasteiger partial charge in [-0.05, 0) is 19.9 Å². The van der Waals surface area contributed by atoms with Crippen molar-refractivity contribution in [2.45, 2.75) is 40.3 Å². The Morgan fingerprint density at radius 1 is 1.53 bits per heavy atom. The summed E-state index contributed by atoms with van der Waals surface area (Å²) in [6, 6.07) is 0. The average molecular weight is 207 g/mol. The Morgan fingerprint density at radius 3 is 2.87 bits per heavy atom. The van der Waals surface area contributed by atoms with Crippen LogP contribution in [0.1, 0.15) is 31.5 Å². The molecule has 84 valence electrons. The third kappa shape index (κ3) is 3.51. The van der Waals surface area contributed by atoms with Crippen LogP contribution < -0.4 is 5.32 Å². The first-order valence-electron chi connectivity index (χ1n) is 5.57. The zero-order chi connectivity index (χ0) is 11.3. The van der Waals surface area contributed by atoms with Gasteiger partial charge in [0, 0.05) is 18.3 Å². The first-order valence-corrected chi connectivity index (χ1v) is 5.57. The maximum atomic E-state index is 4.47. The normalized spacial score (nSPS) is 10.6. The summed E-state index contributed by atoms with van der Waals surface area (Å²) in [5.41, 5.74) is 3.60. The summed E-state index contributed by atoms with van der Waals surface area (Å²) in [7, 11) is 0. The Labute approximate surface area is 92.2 Å². The molecule has 0 spiro atoms. The van der Waals surface area contributed by atoms with E-state index in [4.69, 9.17) is 0 Å². The second-order valence-electron chi connectivity index (χ2n) is 3.82. The van der Waals surface area contributed by atoms with Crippen LogP contribution in [-0.2, 0) is 13.1 Å². The van der Waals surface area contributed by atoms with Gasteiger partial charge in [0.25, 0.3) is 0 Å². The lowest BCUT2D eigenvalue weighted by atomic mass is 10.2. The standard InChI is InChI=1S/C12H21N3/c1-5-10(3)8-15-9-12(7-13-6-2)11(4)14-15/h9,13H,3,5-8H2,1-2,4H3. The van der Waals surface area contributed by atoms with E-state index in [1.807, 2.05) is 4.68 Å². The minimum absolute atomic E-state index is 0.837. The first-order chi connectivity index (χ1) is 7.17. The number of aryl methyl sites for hydroxylation is 1. The second kappa shape index (κ2) is 5.71. The lowest BCUT2D eigenvalue weighted by Gasteiger charge is -2.01. The van der Waals surface area contributed by atoms with Gasteiger partial charge >= 0.3 is 0 Å². The molecule has 0 atom stereocenters. The molecule has 1 N–H and O–H groups in total. The molecule has 0 unspecified atom stereocenters. The Hall–Kier alpha value is -1.09. The van der Waals surface area contributed by atoms with Gasteiger partial charge in [-0.3, -0.25) is 4.68 Å². The SMILES string of the molecule is C=C(CC)Cn1cc(CNCC)c(C)n1. The van der Waals surface area contributed by atoms with Gasteiger partial charge < -0.3 is 5.32 Å². The summed E-state index contributed by atoms with van der Waals surface area (Å²) in [6.45, 7) is 13.0. The van der Waals surface area contributed by atoms with Crippen LogP contribution in [0.15, 0.2) is 18.3 Å². The molecule has 15 heavy (non-hydrogen) atoms. The molecule has 1 aromatic rings. The van der Waals surface area contributed by atoms with Gasteiger partial charge in [-0.2, -0.15) is 5.10 Å². The highest BCUT2D eigenvalue weighted by atomic mass is 15.3. The third-order valence-corrected chi connectivity index (χ3v) is 2.50. The number of nitrogens with zero attached hydrogens (tertiary/aromatic N) is 2. The third-order valence-electron chi connectivity index (χ3n) is 2.50. The van der Waals surface area contributed by atoms with E-state index in [-0.39, 0.29) is 0 Å². The number of rotatable bonds is 6. The molecule has 3 nitrogen and oxygen atoms in total. The molecule has 3 heteroatoms. The van der Waals surface area contributed by atoms with Crippen LogP contribution in [0.4, 0.5) is 0 Å². The van der Waals surface area contributed by atoms with E-state index < -0.39 is 0 Å². The average Bonchev–Trinajstić information content (AvgIpc) is 2.55. The van der Waals surface area contributed by atoms with E-state index in [1.165, 1.54) is 11.1 Å². The highest BCUT2D eigenvalue weighted by Crippen LogP contribution is 2.08. The molecule has 0 radical (unpaired) electrons. The predicted molar refractivity (Wildman–Crippen MR) is 63.8 cm³/mol. The molecule has 0 aliphatic carbocycles. The lowest BCUT2D eigenvalue weighted by Crippen LogP contribution is -2.11. The molecule has 1 heterocycles. The lowest BCUT2D eigenvalue weighted by molar-refractivity contribution is 0.657. The highest BCUT2D eigenvalue weighted by Gasteiger charge is 2.04. The molecule has 1 rings (SSSR count). The Morgan fingerprint density at radius 2 is 2.27 bits per heavy atom. The van der Waals surface area contributed by atoms with Crippen LogP contribution in [0, 0.1) is 6.92 Å². The number of allylic oxidation sites excluding steroid dienone is 1. The Kier molecular flexibility index (Phi) is 4.56. The van der Waals surface area contributed by atoms with Crippen molar-refractivity contribution in [1.29, 1.82) is 0 Å². The molecular weight excluding hydrogens is 186 g/mol. The minimum atomic E-state index is 0.837. The number of aromatic nitrogens is 2. The van der Waals surface area contributed by atoms with Gasteiger partial charge in [-0.25, -0.2) is 0 Å². The van der Waals surface area contributed by atoms with Gasteiger partial charge in [0.2, 0.25) is 0 Å². The summed E-state index contributed by atoms with van der Waals surface area (Å²) in [4.78, 5) is 0. The molecule has 0 fully saturated rings. The predicted octanol–water partition coefficient (Wildman–Crippen LogP) is 2.27. The van der Waals surface area contributed by atoms with Crippen LogP contribution in [-0.4, -0.2) is 16.3 Å². The van der Waals surface area contributed by atoms with E-state index in [1.54, 1.807) is 0 Å². The van der Waals surface area contributed by atoms with Gasteiger partial charge in [0.1, 0.15) is 0 Å². The van der Waals surface area contributed by atoms with E-state index >= 15 is 0 Å². The fourth-order valence-electron chi connectivity index (χ4n) is 1.41. The zero-order valence-corrected chi connectivity index (χ0v) is 10.0. The molecule has 0 bridgehead atoms. The molecule has 0 saturated carbocycles. The quantitative estimate of drug-likeness (QED) is 0.725. The van der Waals surface area contributed by atoms with Crippen LogP contribution in [0.25, 0.3) is 0 Å². The van der Waals surface area contributed by atoms with Gasteiger partial charge in [0.15, 0.2) is 0 Å². The van der Waals surface area contributed by atoms with Crippen LogP contribution in [0.3, 0.4) is 0 Å². The van der Waals surface area contributed by atoms with E-state index in [0.717, 1.165) is 31.7 Å². The molecule has 0 amide bonds. The Bertz CT molecular complexity index is 326. The van der Waals surface area contributed by atoms with E-state index in [2.05, 4.69) is 44.0 Å².